The van der Waals surface area contributed by atoms with Crippen LogP contribution in [0.25, 0.3) is 0 Å². The van der Waals surface area contributed by atoms with Gasteiger partial charge < -0.3 is 15.4 Å². The van der Waals surface area contributed by atoms with Crippen molar-refractivity contribution in [1.29, 1.82) is 0 Å². The molecule has 0 amide bonds. The van der Waals surface area contributed by atoms with Crippen molar-refractivity contribution < 1.29 is 9.63 Å². The van der Waals surface area contributed by atoms with E-state index in [1.807, 2.05) is 12.1 Å². The van der Waals surface area contributed by atoms with Crippen LogP contribution in [-0.2, 0) is 6.42 Å². The minimum absolute atomic E-state index is 0.0862. The number of nitrogens with two attached hydrogens (primary N) is 1. The van der Waals surface area contributed by atoms with Crippen LogP contribution in [0, 0.1) is 0 Å². The molecule has 0 spiro atoms. The number of aliphatic hydroxyl groups is 1. The third-order valence-electron chi connectivity index (χ3n) is 3.13. The molecule has 0 saturated carbocycles. The number of aliphatic hydroxyl groups excluding tert-OH is 1. The molecular weight excluding hydrogens is 218 g/mol. The van der Waals surface area contributed by atoms with E-state index in [4.69, 9.17) is 10.3 Å². The molecule has 2 aromatic rings. The van der Waals surface area contributed by atoms with Gasteiger partial charge in [-0.15, -0.1) is 0 Å². The van der Waals surface area contributed by atoms with Gasteiger partial charge in [-0.2, -0.15) is 4.98 Å². The van der Waals surface area contributed by atoms with Crippen molar-refractivity contribution in [2.45, 2.75) is 18.4 Å². The van der Waals surface area contributed by atoms with Gasteiger partial charge in [0.1, 0.15) is 6.10 Å². The molecule has 5 heteroatoms. The Morgan fingerprint density at radius 3 is 3.06 bits per heavy atom. The van der Waals surface area contributed by atoms with Crippen molar-refractivity contribution in [3.8, 4) is 0 Å². The zero-order valence-corrected chi connectivity index (χ0v) is 9.21. The van der Waals surface area contributed by atoms with Gasteiger partial charge in [0, 0.05) is 6.54 Å². The van der Waals surface area contributed by atoms with E-state index in [1.165, 1.54) is 11.1 Å². The van der Waals surface area contributed by atoms with E-state index in [9.17, 15) is 5.11 Å². The minimum Gasteiger partial charge on any atom is -0.382 e. The van der Waals surface area contributed by atoms with Crippen molar-refractivity contribution in [3.63, 3.8) is 0 Å². The largest absolute Gasteiger partial charge is 0.382 e. The summed E-state index contributed by atoms with van der Waals surface area (Å²) >= 11 is 0. The first-order chi connectivity index (χ1) is 8.29. The Labute approximate surface area is 98.3 Å². The summed E-state index contributed by atoms with van der Waals surface area (Å²) in [5.74, 6) is 1.02. The van der Waals surface area contributed by atoms with Gasteiger partial charge in [-0.1, -0.05) is 29.4 Å². The van der Waals surface area contributed by atoms with Crippen LogP contribution in [0.5, 0.6) is 0 Å². The third kappa shape index (κ3) is 1.64. The highest BCUT2D eigenvalue weighted by molar-refractivity contribution is 5.43. The van der Waals surface area contributed by atoms with E-state index in [2.05, 4.69) is 22.3 Å². The number of nitrogens with zero attached hydrogens (tertiary/aromatic N) is 2. The molecule has 0 bridgehead atoms. The molecule has 2 unspecified atom stereocenters. The molecule has 1 heterocycles. The van der Waals surface area contributed by atoms with E-state index in [1.54, 1.807) is 0 Å². The van der Waals surface area contributed by atoms with E-state index >= 15 is 0 Å². The molecule has 5 nitrogen and oxygen atoms in total. The first-order valence-corrected chi connectivity index (χ1v) is 5.59. The summed E-state index contributed by atoms with van der Waals surface area (Å²) in [5.41, 5.74) is 7.90. The van der Waals surface area contributed by atoms with E-state index < -0.39 is 6.10 Å². The molecule has 88 valence electrons. The molecule has 1 aromatic heterocycles. The lowest BCUT2D eigenvalue weighted by Crippen LogP contribution is -2.19. The summed E-state index contributed by atoms with van der Waals surface area (Å²) in [6.45, 7) is 0.0862. The summed E-state index contributed by atoms with van der Waals surface area (Å²) in [6, 6.07) is 8.19. The normalized spacial score (nSPS) is 19.5. The summed E-state index contributed by atoms with van der Waals surface area (Å²) < 4.78 is 5.00. The molecule has 1 aromatic carbocycles. The van der Waals surface area contributed by atoms with Crippen LogP contribution >= 0.6 is 0 Å². The highest BCUT2D eigenvalue weighted by atomic mass is 16.5. The Balaban J connectivity index is 1.86. The van der Waals surface area contributed by atoms with Gasteiger partial charge in [-0.25, -0.2) is 0 Å². The van der Waals surface area contributed by atoms with Gasteiger partial charge in [0.2, 0.25) is 0 Å². The summed E-state index contributed by atoms with van der Waals surface area (Å²) in [4.78, 5) is 4.19. The van der Waals surface area contributed by atoms with Gasteiger partial charge in [0.25, 0.3) is 5.89 Å². The summed E-state index contributed by atoms with van der Waals surface area (Å²) in [5, 5.41) is 13.4. The predicted octanol–water partition coefficient (Wildman–Crippen LogP) is 0.750. The van der Waals surface area contributed by atoms with Crippen molar-refractivity contribution in [3.05, 3.63) is 47.1 Å². The second-order valence-corrected chi connectivity index (χ2v) is 4.20. The molecule has 0 aliphatic heterocycles. The second-order valence-electron chi connectivity index (χ2n) is 4.20. The molecule has 3 N–H and O–H groups in total. The maximum absolute atomic E-state index is 9.49. The molecule has 0 fully saturated rings. The van der Waals surface area contributed by atoms with Crippen LogP contribution in [0.2, 0.25) is 0 Å². The SMILES string of the molecule is NCC(O)c1nc(C2Cc3ccccc32)no1. The molecule has 0 radical (unpaired) electrons. The third-order valence-corrected chi connectivity index (χ3v) is 3.13. The van der Waals surface area contributed by atoms with Crippen LogP contribution in [0.3, 0.4) is 0 Å². The van der Waals surface area contributed by atoms with Gasteiger partial charge in [-0.3, -0.25) is 0 Å². The highest BCUT2D eigenvalue weighted by Crippen LogP contribution is 2.38. The van der Waals surface area contributed by atoms with Crippen LogP contribution < -0.4 is 5.73 Å². The van der Waals surface area contributed by atoms with Crippen LogP contribution in [0.1, 0.15) is 34.9 Å². The Hall–Kier alpha value is -1.72. The molecule has 1 aliphatic carbocycles. The molecule has 17 heavy (non-hydrogen) atoms. The average Bonchev–Trinajstić information content (AvgIpc) is 2.79. The predicted molar refractivity (Wildman–Crippen MR) is 60.3 cm³/mol. The lowest BCUT2D eigenvalue weighted by atomic mass is 9.77. The van der Waals surface area contributed by atoms with Crippen molar-refractivity contribution >= 4 is 0 Å². The van der Waals surface area contributed by atoms with Gasteiger partial charge in [0.05, 0.1) is 5.92 Å². The number of rotatable bonds is 3. The standard InChI is InChI=1S/C12H13N3O2/c13-6-10(16)12-14-11(15-17-12)9-5-7-3-1-2-4-8(7)9/h1-4,9-10,16H,5-6,13H2. The molecular formula is C12H13N3O2. The molecule has 2 atom stereocenters. The number of benzene rings is 1. The zero-order valence-electron chi connectivity index (χ0n) is 9.21. The quantitative estimate of drug-likeness (QED) is 0.814. The van der Waals surface area contributed by atoms with Crippen LogP contribution in [0.4, 0.5) is 0 Å². The van der Waals surface area contributed by atoms with Gasteiger partial charge >= 0.3 is 0 Å². The summed E-state index contributed by atoms with van der Waals surface area (Å²) in [7, 11) is 0. The van der Waals surface area contributed by atoms with Gasteiger partial charge in [0.15, 0.2) is 5.82 Å². The second kappa shape index (κ2) is 3.94. The topological polar surface area (TPSA) is 85.2 Å². The fourth-order valence-corrected chi connectivity index (χ4v) is 2.11. The fourth-order valence-electron chi connectivity index (χ4n) is 2.11. The van der Waals surface area contributed by atoms with Crippen molar-refractivity contribution in [2.75, 3.05) is 6.54 Å². The molecule has 0 saturated heterocycles. The molecule has 3 rings (SSSR count). The Morgan fingerprint density at radius 1 is 1.47 bits per heavy atom. The Bertz CT molecular complexity index is 538. The minimum atomic E-state index is -0.869. The summed E-state index contributed by atoms with van der Waals surface area (Å²) in [6.07, 6.45) is 0.0556. The monoisotopic (exact) mass is 231 g/mol. The number of hydrogen-bond donors (Lipinski definition) is 2. The van der Waals surface area contributed by atoms with Crippen molar-refractivity contribution in [2.24, 2.45) is 5.73 Å². The maximum atomic E-state index is 9.49. The maximum Gasteiger partial charge on any atom is 0.256 e. The molecule has 1 aliphatic rings. The lowest BCUT2D eigenvalue weighted by molar-refractivity contribution is 0.141. The van der Waals surface area contributed by atoms with Crippen LogP contribution in [0.15, 0.2) is 28.8 Å². The number of aromatic nitrogens is 2. The number of hydrogen-bond acceptors (Lipinski definition) is 5. The smallest absolute Gasteiger partial charge is 0.256 e. The Morgan fingerprint density at radius 2 is 2.29 bits per heavy atom. The Kier molecular flexibility index (Phi) is 2.42. The van der Waals surface area contributed by atoms with Crippen molar-refractivity contribution in [1.82, 2.24) is 10.1 Å². The first-order valence-electron chi connectivity index (χ1n) is 5.59. The fraction of sp³-hybridized carbons (Fsp3) is 0.333. The van der Waals surface area contributed by atoms with Crippen LogP contribution in [-0.4, -0.2) is 21.8 Å². The van der Waals surface area contributed by atoms with E-state index in [-0.39, 0.29) is 18.4 Å². The zero-order chi connectivity index (χ0) is 11.8. The van der Waals surface area contributed by atoms with Gasteiger partial charge in [-0.05, 0) is 17.5 Å². The number of fused-ring (bicyclic) bond motifs is 1. The lowest BCUT2D eigenvalue weighted by Gasteiger charge is -2.27. The first kappa shape index (κ1) is 10.4. The van der Waals surface area contributed by atoms with E-state index in [0.29, 0.717) is 5.82 Å². The van der Waals surface area contributed by atoms with E-state index in [0.717, 1.165) is 6.42 Å². The average molecular weight is 231 g/mol. The highest BCUT2D eigenvalue weighted by Gasteiger charge is 2.31.